The monoisotopic (exact) mass is 344 g/mol. The summed E-state index contributed by atoms with van der Waals surface area (Å²) in [5, 5.41) is 1.20. The largest absolute Gasteiger partial charge is 0.416 e. The van der Waals surface area contributed by atoms with Crippen molar-refractivity contribution in [1.82, 2.24) is 9.47 Å². The van der Waals surface area contributed by atoms with Gasteiger partial charge in [-0.3, -0.25) is 0 Å². The van der Waals surface area contributed by atoms with Crippen molar-refractivity contribution in [3.63, 3.8) is 0 Å². The molecule has 0 spiro atoms. The van der Waals surface area contributed by atoms with E-state index in [9.17, 15) is 13.2 Å². The predicted molar refractivity (Wildman–Crippen MR) is 93.1 cm³/mol. The SMILES string of the molecule is Cc1ccc2c(c1)c1c(n2-c2ccc(C(F)(F)F)cc2)CCN(C)C1. The van der Waals surface area contributed by atoms with Crippen LogP contribution in [-0.4, -0.2) is 23.1 Å². The van der Waals surface area contributed by atoms with Crippen LogP contribution in [0.2, 0.25) is 0 Å². The summed E-state index contributed by atoms with van der Waals surface area (Å²) in [5.41, 5.74) is 4.91. The standard InChI is InChI=1S/C20H19F3N2/c1-13-3-8-18-16(11-13)17-12-24(2)10-9-19(17)25(18)15-6-4-14(5-7-15)20(21,22)23/h3-8,11H,9-10,12H2,1-2H3. The van der Waals surface area contributed by atoms with Crippen LogP contribution in [0.3, 0.4) is 0 Å². The number of hydrogen-bond acceptors (Lipinski definition) is 1. The first-order chi connectivity index (χ1) is 11.8. The number of aryl methyl sites for hydroxylation is 1. The summed E-state index contributed by atoms with van der Waals surface area (Å²) in [6, 6.07) is 11.8. The van der Waals surface area contributed by atoms with E-state index >= 15 is 0 Å². The van der Waals surface area contributed by atoms with E-state index in [-0.39, 0.29) is 0 Å². The van der Waals surface area contributed by atoms with Gasteiger partial charge in [0.2, 0.25) is 0 Å². The van der Waals surface area contributed by atoms with E-state index in [4.69, 9.17) is 0 Å². The van der Waals surface area contributed by atoms with Gasteiger partial charge in [0.1, 0.15) is 0 Å². The molecule has 0 atom stereocenters. The maximum atomic E-state index is 12.9. The van der Waals surface area contributed by atoms with Gasteiger partial charge in [-0.25, -0.2) is 0 Å². The van der Waals surface area contributed by atoms with Gasteiger partial charge in [-0.1, -0.05) is 11.6 Å². The smallest absolute Gasteiger partial charge is 0.313 e. The molecule has 1 aliphatic heterocycles. The second-order valence-electron chi connectivity index (χ2n) is 6.81. The number of benzene rings is 2. The van der Waals surface area contributed by atoms with E-state index in [1.807, 2.05) is 0 Å². The Labute approximate surface area is 144 Å². The zero-order valence-corrected chi connectivity index (χ0v) is 14.2. The van der Waals surface area contributed by atoms with E-state index in [0.717, 1.165) is 42.8 Å². The highest BCUT2D eigenvalue weighted by atomic mass is 19.4. The zero-order valence-electron chi connectivity index (χ0n) is 14.2. The van der Waals surface area contributed by atoms with E-state index in [0.29, 0.717) is 0 Å². The van der Waals surface area contributed by atoms with Crippen molar-refractivity contribution >= 4 is 10.9 Å². The summed E-state index contributed by atoms with van der Waals surface area (Å²) < 4.78 is 40.7. The molecular weight excluding hydrogens is 325 g/mol. The van der Waals surface area contributed by atoms with E-state index in [2.05, 4.69) is 41.6 Å². The Kier molecular flexibility index (Phi) is 3.65. The lowest BCUT2D eigenvalue weighted by Crippen LogP contribution is -2.27. The number of halogens is 3. The molecule has 130 valence electrons. The van der Waals surface area contributed by atoms with Crippen LogP contribution in [0.15, 0.2) is 42.5 Å². The highest BCUT2D eigenvalue weighted by Crippen LogP contribution is 2.35. The first-order valence-electron chi connectivity index (χ1n) is 8.33. The summed E-state index contributed by atoms with van der Waals surface area (Å²) in [6.45, 7) is 3.87. The third-order valence-corrected chi connectivity index (χ3v) is 4.95. The van der Waals surface area contributed by atoms with Crippen molar-refractivity contribution in [1.29, 1.82) is 0 Å². The second-order valence-corrected chi connectivity index (χ2v) is 6.81. The van der Waals surface area contributed by atoms with Gasteiger partial charge in [-0.15, -0.1) is 0 Å². The normalized spacial score (nSPS) is 15.6. The Hall–Kier alpha value is -2.27. The van der Waals surface area contributed by atoms with Gasteiger partial charge >= 0.3 is 6.18 Å². The predicted octanol–water partition coefficient (Wildman–Crippen LogP) is 4.95. The molecule has 5 heteroatoms. The number of likely N-dealkylation sites (N-methyl/N-ethyl adjacent to an activating group) is 1. The van der Waals surface area contributed by atoms with Crippen LogP contribution in [0.5, 0.6) is 0 Å². The molecule has 0 bridgehead atoms. The van der Waals surface area contributed by atoms with Gasteiger partial charge in [-0.2, -0.15) is 13.2 Å². The molecule has 0 amide bonds. The van der Waals surface area contributed by atoms with Crippen LogP contribution in [0.1, 0.15) is 22.4 Å². The third kappa shape index (κ3) is 2.72. The molecule has 0 radical (unpaired) electrons. The molecule has 0 fully saturated rings. The van der Waals surface area contributed by atoms with Gasteiger partial charge in [0.15, 0.2) is 0 Å². The maximum absolute atomic E-state index is 12.9. The summed E-state index contributed by atoms with van der Waals surface area (Å²) in [5.74, 6) is 0. The van der Waals surface area contributed by atoms with Crippen molar-refractivity contribution in [3.8, 4) is 5.69 Å². The molecule has 1 aliphatic rings. The van der Waals surface area contributed by atoms with E-state index in [1.54, 1.807) is 12.1 Å². The maximum Gasteiger partial charge on any atom is 0.416 e. The molecule has 2 heterocycles. The number of hydrogen-bond donors (Lipinski definition) is 0. The lowest BCUT2D eigenvalue weighted by molar-refractivity contribution is -0.137. The number of fused-ring (bicyclic) bond motifs is 3. The van der Waals surface area contributed by atoms with Crippen LogP contribution >= 0.6 is 0 Å². The van der Waals surface area contributed by atoms with Crippen molar-refractivity contribution < 1.29 is 13.2 Å². The fourth-order valence-corrected chi connectivity index (χ4v) is 3.70. The number of aromatic nitrogens is 1. The summed E-state index contributed by atoms with van der Waals surface area (Å²) >= 11 is 0. The minimum absolute atomic E-state index is 0.614. The highest BCUT2D eigenvalue weighted by molar-refractivity contribution is 5.88. The van der Waals surface area contributed by atoms with Gasteiger partial charge in [0, 0.05) is 36.3 Å². The number of nitrogens with zero attached hydrogens (tertiary/aromatic N) is 2. The van der Waals surface area contributed by atoms with Gasteiger partial charge in [0.05, 0.1) is 11.1 Å². The number of alkyl halides is 3. The van der Waals surface area contributed by atoms with Crippen molar-refractivity contribution in [2.24, 2.45) is 0 Å². The van der Waals surface area contributed by atoms with Crippen molar-refractivity contribution in [2.45, 2.75) is 26.1 Å². The highest BCUT2D eigenvalue weighted by Gasteiger charge is 2.30. The average molecular weight is 344 g/mol. The van der Waals surface area contributed by atoms with Crippen molar-refractivity contribution in [2.75, 3.05) is 13.6 Å². The van der Waals surface area contributed by atoms with Crippen LogP contribution in [0, 0.1) is 6.92 Å². The fraction of sp³-hybridized carbons (Fsp3) is 0.300. The summed E-state index contributed by atoms with van der Waals surface area (Å²) in [7, 11) is 2.10. The third-order valence-electron chi connectivity index (χ3n) is 4.95. The van der Waals surface area contributed by atoms with Crippen molar-refractivity contribution in [3.05, 3.63) is 64.8 Å². The molecule has 1 aromatic heterocycles. The Morgan fingerprint density at radius 3 is 2.40 bits per heavy atom. The molecule has 0 unspecified atom stereocenters. The second kappa shape index (κ2) is 5.63. The van der Waals surface area contributed by atoms with Crippen LogP contribution < -0.4 is 0 Å². The Morgan fingerprint density at radius 1 is 1.00 bits per heavy atom. The summed E-state index contributed by atoms with van der Waals surface area (Å²) in [6.07, 6.45) is -3.42. The lowest BCUT2D eigenvalue weighted by atomic mass is 10.0. The Morgan fingerprint density at radius 2 is 1.72 bits per heavy atom. The molecule has 3 aromatic rings. The van der Waals surface area contributed by atoms with Crippen LogP contribution in [0.4, 0.5) is 13.2 Å². The van der Waals surface area contributed by atoms with Gasteiger partial charge in [-0.05, 0) is 55.9 Å². The zero-order chi connectivity index (χ0) is 17.8. The first-order valence-corrected chi connectivity index (χ1v) is 8.33. The molecular formula is C20H19F3N2. The fourth-order valence-electron chi connectivity index (χ4n) is 3.70. The Bertz CT molecular complexity index is 936. The molecule has 2 aromatic carbocycles. The van der Waals surface area contributed by atoms with Gasteiger partial charge < -0.3 is 9.47 Å². The quantitative estimate of drug-likeness (QED) is 0.607. The molecule has 0 saturated carbocycles. The van der Waals surface area contributed by atoms with Crippen LogP contribution in [0.25, 0.3) is 16.6 Å². The minimum Gasteiger partial charge on any atom is -0.313 e. The summed E-state index contributed by atoms with van der Waals surface area (Å²) in [4.78, 5) is 2.28. The molecule has 2 nitrogen and oxygen atoms in total. The lowest BCUT2D eigenvalue weighted by Gasteiger charge is -2.24. The van der Waals surface area contributed by atoms with Crippen LogP contribution in [-0.2, 0) is 19.1 Å². The van der Waals surface area contributed by atoms with E-state index in [1.165, 1.54) is 22.2 Å². The molecule has 0 saturated heterocycles. The molecule has 25 heavy (non-hydrogen) atoms. The average Bonchev–Trinajstić information content (AvgIpc) is 2.87. The van der Waals surface area contributed by atoms with Gasteiger partial charge in [0.25, 0.3) is 0 Å². The molecule has 0 aliphatic carbocycles. The Balaban J connectivity index is 1.93. The minimum atomic E-state index is -4.31. The molecule has 0 N–H and O–H groups in total. The first kappa shape index (κ1) is 16.2. The topological polar surface area (TPSA) is 8.17 Å². The molecule has 4 rings (SSSR count). The van der Waals surface area contributed by atoms with E-state index < -0.39 is 11.7 Å². The number of rotatable bonds is 1.